The van der Waals surface area contributed by atoms with Crippen LogP contribution in [0.1, 0.15) is 12.1 Å². The molecular formula is C14H14N4O2. The van der Waals surface area contributed by atoms with E-state index in [0.717, 1.165) is 21.4 Å². The summed E-state index contributed by atoms with van der Waals surface area (Å²) < 4.78 is 0. The fraction of sp³-hybridized carbons (Fsp3) is 0.286. The summed E-state index contributed by atoms with van der Waals surface area (Å²) in [5, 5.41) is 13.1. The molecular weight excluding hydrogens is 256 g/mol. The molecule has 1 unspecified atom stereocenters. The Morgan fingerprint density at radius 3 is 2.55 bits per heavy atom. The molecule has 3 rings (SSSR count). The summed E-state index contributed by atoms with van der Waals surface area (Å²) in [5.74, 6) is 0.117. The van der Waals surface area contributed by atoms with Crippen molar-refractivity contribution in [3.8, 4) is 0 Å². The minimum atomic E-state index is -0.562. The van der Waals surface area contributed by atoms with Gasteiger partial charge in [-0.25, -0.2) is 0 Å². The Morgan fingerprint density at radius 1 is 1.20 bits per heavy atom. The second-order valence-corrected chi connectivity index (χ2v) is 4.87. The third-order valence-corrected chi connectivity index (χ3v) is 3.56. The molecule has 102 valence electrons. The highest BCUT2D eigenvalue weighted by Crippen LogP contribution is 2.24. The highest BCUT2D eigenvalue weighted by atomic mass is 16.2. The van der Waals surface area contributed by atoms with Gasteiger partial charge in [0.05, 0.1) is 12.1 Å². The fourth-order valence-corrected chi connectivity index (χ4v) is 2.38. The molecule has 0 saturated carbocycles. The van der Waals surface area contributed by atoms with Crippen LogP contribution in [0, 0.1) is 6.92 Å². The smallest absolute Gasteiger partial charge is 0.251 e. The zero-order chi connectivity index (χ0) is 14.3. The van der Waals surface area contributed by atoms with Gasteiger partial charge in [-0.1, -0.05) is 24.3 Å². The first kappa shape index (κ1) is 12.5. The van der Waals surface area contributed by atoms with Crippen molar-refractivity contribution in [2.24, 2.45) is 0 Å². The van der Waals surface area contributed by atoms with Crippen LogP contribution in [-0.2, 0) is 9.59 Å². The van der Waals surface area contributed by atoms with Crippen LogP contribution < -0.4 is 5.32 Å². The van der Waals surface area contributed by atoms with Gasteiger partial charge in [-0.3, -0.25) is 14.5 Å². The monoisotopic (exact) mass is 270 g/mol. The molecule has 1 fully saturated rings. The van der Waals surface area contributed by atoms with E-state index in [4.69, 9.17) is 0 Å². The summed E-state index contributed by atoms with van der Waals surface area (Å²) >= 11 is 0. The van der Waals surface area contributed by atoms with Gasteiger partial charge in [0, 0.05) is 17.8 Å². The number of likely N-dealkylation sites (N-methyl/N-ethyl adjacent to an activating group) is 1. The van der Waals surface area contributed by atoms with Gasteiger partial charge >= 0.3 is 0 Å². The molecule has 1 aromatic carbocycles. The molecule has 1 aromatic heterocycles. The molecule has 1 saturated heterocycles. The molecule has 6 heteroatoms. The van der Waals surface area contributed by atoms with Crippen LogP contribution in [0.4, 0.5) is 5.82 Å². The first-order valence-electron chi connectivity index (χ1n) is 6.37. The molecule has 1 N–H and O–H groups in total. The Hall–Kier alpha value is -2.50. The van der Waals surface area contributed by atoms with E-state index in [-0.39, 0.29) is 18.2 Å². The summed E-state index contributed by atoms with van der Waals surface area (Å²) in [5.41, 5.74) is 0.831. The van der Waals surface area contributed by atoms with E-state index >= 15 is 0 Å². The first-order chi connectivity index (χ1) is 9.58. The van der Waals surface area contributed by atoms with E-state index in [2.05, 4.69) is 15.5 Å². The number of carbonyl (C=O) groups is 2. The van der Waals surface area contributed by atoms with Crippen molar-refractivity contribution in [3.05, 3.63) is 30.0 Å². The van der Waals surface area contributed by atoms with E-state index < -0.39 is 6.04 Å². The lowest BCUT2D eigenvalue weighted by atomic mass is 10.1. The number of rotatable bonds is 2. The van der Waals surface area contributed by atoms with Gasteiger partial charge in [-0.2, -0.15) is 5.10 Å². The predicted octanol–water partition coefficient (Wildman–Crippen LogP) is 1.11. The average molecular weight is 270 g/mol. The molecule has 2 aromatic rings. The van der Waals surface area contributed by atoms with Gasteiger partial charge in [0.2, 0.25) is 5.91 Å². The topological polar surface area (TPSA) is 75.2 Å². The van der Waals surface area contributed by atoms with Gasteiger partial charge in [0.25, 0.3) is 5.91 Å². The fourth-order valence-electron chi connectivity index (χ4n) is 2.38. The minimum absolute atomic E-state index is 0.152. The van der Waals surface area contributed by atoms with E-state index in [1.54, 1.807) is 0 Å². The van der Waals surface area contributed by atoms with Crippen LogP contribution in [0.15, 0.2) is 24.3 Å². The number of fused-ring (bicyclic) bond motifs is 1. The number of aromatic nitrogens is 2. The zero-order valence-electron chi connectivity index (χ0n) is 11.3. The quantitative estimate of drug-likeness (QED) is 0.827. The molecule has 6 nitrogen and oxygen atoms in total. The number of amides is 2. The predicted molar refractivity (Wildman–Crippen MR) is 74.1 cm³/mol. The number of nitrogens with zero attached hydrogens (tertiary/aromatic N) is 3. The SMILES string of the molecule is Cc1nnc(NC2CC(=O)N(C)C2=O)c2ccccc12. The van der Waals surface area contributed by atoms with Crippen molar-refractivity contribution in [2.45, 2.75) is 19.4 Å². The number of carbonyl (C=O) groups excluding carboxylic acids is 2. The van der Waals surface area contributed by atoms with E-state index in [1.165, 1.54) is 7.05 Å². The Balaban J connectivity index is 1.98. The lowest BCUT2D eigenvalue weighted by molar-refractivity contribution is -0.136. The van der Waals surface area contributed by atoms with Crippen LogP contribution in [0.3, 0.4) is 0 Å². The molecule has 20 heavy (non-hydrogen) atoms. The van der Waals surface area contributed by atoms with Crippen molar-refractivity contribution >= 4 is 28.4 Å². The molecule has 1 atom stereocenters. The van der Waals surface area contributed by atoms with Crippen molar-refractivity contribution in [2.75, 3.05) is 12.4 Å². The van der Waals surface area contributed by atoms with Gasteiger partial charge < -0.3 is 5.32 Å². The molecule has 2 heterocycles. The van der Waals surface area contributed by atoms with Crippen LogP contribution in [0.25, 0.3) is 10.8 Å². The maximum Gasteiger partial charge on any atom is 0.251 e. The van der Waals surface area contributed by atoms with E-state index in [0.29, 0.717) is 5.82 Å². The lowest BCUT2D eigenvalue weighted by Crippen LogP contribution is -2.32. The number of aryl methyl sites for hydroxylation is 1. The van der Waals surface area contributed by atoms with Crippen molar-refractivity contribution in [1.82, 2.24) is 15.1 Å². The third kappa shape index (κ3) is 1.89. The van der Waals surface area contributed by atoms with Crippen LogP contribution in [0.2, 0.25) is 0 Å². The molecule has 0 radical (unpaired) electrons. The molecule has 1 aliphatic heterocycles. The summed E-state index contributed by atoms with van der Waals surface area (Å²) in [4.78, 5) is 24.6. The van der Waals surface area contributed by atoms with Gasteiger partial charge in [0.1, 0.15) is 6.04 Å². The lowest BCUT2D eigenvalue weighted by Gasteiger charge is -2.13. The minimum Gasteiger partial charge on any atom is -0.356 e. The summed E-state index contributed by atoms with van der Waals surface area (Å²) in [6.07, 6.45) is 0.152. The Kier molecular flexibility index (Phi) is 2.85. The number of hydrogen-bond donors (Lipinski definition) is 1. The largest absolute Gasteiger partial charge is 0.356 e. The highest BCUT2D eigenvalue weighted by molar-refractivity contribution is 6.07. The van der Waals surface area contributed by atoms with Crippen molar-refractivity contribution < 1.29 is 9.59 Å². The molecule has 0 aliphatic carbocycles. The van der Waals surface area contributed by atoms with Crippen molar-refractivity contribution in [1.29, 1.82) is 0 Å². The molecule has 1 aliphatic rings. The standard InChI is InChI=1S/C14H14N4O2/c1-8-9-5-3-4-6-10(9)13(17-16-8)15-11-7-12(19)18(2)14(11)20/h3-6,11H,7H2,1-2H3,(H,15,17). The number of hydrogen-bond acceptors (Lipinski definition) is 5. The van der Waals surface area contributed by atoms with E-state index in [1.807, 2.05) is 31.2 Å². The Labute approximate surface area is 115 Å². The first-order valence-corrected chi connectivity index (χ1v) is 6.37. The summed E-state index contributed by atoms with van der Waals surface area (Å²) in [6, 6.07) is 7.15. The van der Waals surface area contributed by atoms with E-state index in [9.17, 15) is 9.59 Å². The second kappa shape index (κ2) is 4.56. The van der Waals surface area contributed by atoms with Gasteiger partial charge in [-0.15, -0.1) is 5.10 Å². The maximum absolute atomic E-state index is 11.9. The Bertz CT molecular complexity index is 713. The van der Waals surface area contributed by atoms with Gasteiger partial charge in [-0.05, 0) is 6.92 Å². The zero-order valence-corrected chi connectivity index (χ0v) is 11.3. The maximum atomic E-state index is 11.9. The van der Waals surface area contributed by atoms with Crippen LogP contribution in [-0.4, -0.2) is 40.0 Å². The summed E-state index contributed by atoms with van der Waals surface area (Å²) in [7, 11) is 1.49. The molecule has 2 amide bonds. The summed E-state index contributed by atoms with van der Waals surface area (Å²) in [6.45, 7) is 1.89. The highest BCUT2D eigenvalue weighted by Gasteiger charge is 2.36. The second-order valence-electron chi connectivity index (χ2n) is 4.87. The number of imide groups is 1. The van der Waals surface area contributed by atoms with Crippen molar-refractivity contribution in [3.63, 3.8) is 0 Å². The van der Waals surface area contributed by atoms with Crippen LogP contribution in [0.5, 0.6) is 0 Å². The number of anilines is 1. The number of likely N-dealkylation sites (tertiary alicyclic amines) is 1. The molecule has 0 spiro atoms. The van der Waals surface area contributed by atoms with Crippen LogP contribution >= 0.6 is 0 Å². The third-order valence-electron chi connectivity index (χ3n) is 3.56. The average Bonchev–Trinajstić information content (AvgIpc) is 2.70. The number of nitrogens with one attached hydrogen (secondary N) is 1. The van der Waals surface area contributed by atoms with Gasteiger partial charge in [0.15, 0.2) is 5.82 Å². The molecule has 0 bridgehead atoms. The Morgan fingerprint density at radius 2 is 1.90 bits per heavy atom. The normalized spacial score (nSPS) is 18.9. The number of benzene rings is 1.